The lowest BCUT2D eigenvalue weighted by molar-refractivity contribution is -0.139. The van der Waals surface area contributed by atoms with Crippen molar-refractivity contribution in [3.05, 3.63) is 78.4 Å². The first kappa shape index (κ1) is 27.8. The minimum Gasteiger partial charge on any atom is -0.497 e. The highest BCUT2D eigenvalue weighted by atomic mass is 32.2. The smallest absolute Gasteiger partial charge is 0.264 e. The van der Waals surface area contributed by atoms with E-state index < -0.39 is 28.5 Å². The number of sulfonamides is 1. The molecule has 0 bridgehead atoms. The van der Waals surface area contributed by atoms with E-state index in [1.807, 2.05) is 0 Å². The lowest BCUT2D eigenvalue weighted by Gasteiger charge is -2.32. The Bertz CT molecular complexity index is 1410. The Morgan fingerprint density at radius 3 is 2.28 bits per heavy atom. The van der Waals surface area contributed by atoms with Crippen molar-refractivity contribution in [2.75, 3.05) is 38.2 Å². The second-order valence-electron chi connectivity index (χ2n) is 8.81. The largest absolute Gasteiger partial charge is 0.497 e. The number of nitrogens with one attached hydrogen (secondary N) is 1. The third-order valence-electron chi connectivity index (χ3n) is 6.35. The summed E-state index contributed by atoms with van der Waals surface area (Å²) >= 11 is 0. The van der Waals surface area contributed by atoms with Gasteiger partial charge in [0.25, 0.3) is 10.0 Å². The van der Waals surface area contributed by atoms with Gasteiger partial charge in [0.05, 0.1) is 17.7 Å². The average Bonchev–Trinajstić information content (AvgIpc) is 2.98. The maximum Gasteiger partial charge on any atom is 0.264 e. The first-order valence-corrected chi connectivity index (χ1v) is 13.8. The Kier molecular flexibility index (Phi) is 8.60. The molecular formula is C28H31N3O7S. The summed E-state index contributed by atoms with van der Waals surface area (Å²) in [4.78, 5) is 27.8. The number of anilines is 1. The van der Waals surface area contributed by atoms with Crippen LogP contribution in [0.25, 0.3) is 0 Å². The number of ether oxygens (including phenoxy) is 3. The number of benzene rings is 3. The van der Waals surface area contributed by atoms with Gasteiger partial charge in [-0.2, -0.15) is 0 Å². The van der Waals surface area contributed by atoms with Crippen LogP contribution in [0.15, 0.2) is 77.7 Å². The molecule has 4 rings (SSSR count). The van der Waals surface area contributed by atoms with E-state index in [0.717, 1.165) is 9.87 Å². The fraction of sp³-hybridized carbons (Fsp3) is 0.286. The van der Waals surface area contributed by atoms with Crippen LogP contribution in [0.1, 0.15) is 12.5 Å². The van der Waals surface area contributed by atoms with Crippen molar-refractivity contribution in [1.29, 1.82) is 0 Å². The number of likely N-dealkylation sites (N-methyl/N-ethyl adjacent to an activating group) is 1. The monoisotopic (exact) mass is 553 g/mol. The van der Waals surface area contributed by atoms with Crippen LogP contribution in [-0.2, 0) is 26.2 Å². The Morgan fingerprint density at radius 2 is 1.64 bits per heavy atom. The van der Waals surface area contributed by atoms with Crippen molar-refractivity contribution in [2.45, 2.75) is 24.4 Å². The number of carbonyl (C=O) groups excluding carboxylic acids is 2. The molecule has 11 heteroatoms. The summed E-state index contributed by atoms with van der Waals surface area (Å²) in [6.07, 6.45) is 0. The molecule has 0 spiro atoms. The van der Waals surface area contributed by atoms with Crippen LogP contribution in [0.2, 0.25) is 0 Å². The zero-order valence-electron chi connectivity index (χ0n) is 22.0. The van der Waals surface area contributed by atoms with Gasteiger partial charge in [-0.25, -0.2) is 8.42 Å². The van der Waals surface area contributed by atoms with Crippen LogP contribution in [0.5, 0.6) is 17.2 Å². The molecule has 3 aromatic carbocycles. The normalized spacial score (nSPS) is 13.2. The molecule has 3 aromatic rings. The molecule has 39 heavy (non-hydrogen) atoms. The minimum absolute atomic E-state index is 0.0220. The van der Waals surface area contributed by atoms with Crippen molar-refractivity contribution >= 4 is 27.5 Å². The number of hydrogen-bond acceptors (Lipinski definition) is 7. The molecule has 1 aliphatic heterocycles. The zero-order chi connectivity index (χ0) is 28.0. The molecule has 0 saturated carbocycles. The predicted octanol–water partition coefficient (Wildman–Crippen LogP) is 2.82. The van der Waals surface area contributed by atoms with Crippen molar-refractivity contribution in [1.82, 2.24) is 10.2 Å². The molecule has 1 heterocycles. The Hall–Kier alpha value is -4.25. The van der Waals surface area contributed by atoms with Gasteiger partial charge in [-0.05, 0) is 48.9 Å². The second kappa shape index (κ2) is 12.1. The first-order valence-electron chi connectivity index (χ1n) is 12.4. The Labute approximate surface area is 228 Å². The third kappa shape index (κ3) is 6.26. The van der Waals surface area contributed by atoms with Gasteiger partial charge in [0, 0.05) is 19.7 Å². The third-order valence-corrected chi connectivity index (χ3v) is 8.14. The molecule has 0 radical (unpaired) electrons. The van der Waals surface area contributed by atoms with Crippen LogP contribution in [0.4, 0.5) is 5.69 Å². The standard InChI is InChI=1S/C28H31N3O7S/c1-20(28(33)29-2)30(18-21-9-12-23(36-3)13-10-21)27(32)19-31(39(34,35)24-7-5-4-6-8-24)22-11-14-25-26(17-22)38-16-15-37-25/h4-14,17,20H,15-16,18-19H2,1-3H3,(H,29,33)/t20-/m1/s1. The van der Waals surface area contributed by atoms with Gasteiger partial charge in [0.15, 0.2) is 11.5 Å². The second-order valence-corrected chi connectivity index (χ2v) is 10.7. The highest BCUT2D eigenvalue weighted by Gasteiger charge is 2.33. The van der Waals surface area contributed by atoms with E-state index in [2.05, 4.69) is 5.32 Å². The van der Waals surface area contributed by atoms with Gasteiger partial charge in [0.2, 0.25) is 11.8 Å². The van der Waals surface area contributed by atoms with Gasteiger partial charge >= 0.3 is 0 Å². The highest BCUT2D eigenvalue weighted by Crippen LogP contribution is 2.36. The molecule has 10 nitrogen and oxygen atoms in total. The van der Waals surface area contributed by atoms with Crippen LogP contribution in [-0.4, -0.2) is 65.1 Å². The van der Waals surface area contributed by atoms with E-state index in [0.29, 0.717) is 30.5 Å². The van der Waals surface area contributed by atoms with E-state index in [-0.39, 0.29) is 23.0 Å². The van der Waals surface area contributed by atoms with Gasteiger partial charge in [-0.3, -0.25) is 13.9 Å². The van der Waals surface area contributed by atoms with E-state index in [4.69, 9.17) is 14.2 Å². The molecule has 0 aromatic heterocycles. The summed E-state index contributed by atoms with van der Waals surface area (Å²) in [6, 6.07) is 18.8. The van der Waals surface area contributed by atoms with Crippen molar-refractivity contribution in [3.8, 4) is 17.2 Å². The fourth-order valence-electron chi connectivity index (χ4n) is 4.15. The fourth-order valence-corrected chi connectivity index (χ4v) is 5.58. The number of hydrogen-bond donors (Lipinski definition) is 1. The average molecular weight is 554 g/mol. The number of amides is 2. The summed E-state index contributed by atoms with van der Waals surface area (Å²) in [6.45, 7) is 1.83. The minimum atomic E-state index is -4.17. The van der Waals surface area contributed by atoms with Crippen molar-refractivity contribution < 1.29 is 32.2 Å². The molecule has 1 N–H and O–H groups in total. The lowest BCUT2D eigenvalue weighted by atomic mass is 10.1. The SMILES string of the molecule is CNC(=O)[C@@H](C)N(Cc1ccc(OC)cc1)C(=O)CN(c1ccc2c(c1)OCCO2)S(=O)(=O)c1ccccc1. The summed E-state index contributed by atoms with van der Waals surface area (Å²) in [5, 5.41) is 2.56. The van der Waals surface area contributed by atoms with Crippen LogP contribution >= 0.6 is 0 Å². The number of rotatable bonds is 10. The number of nitrogens with zero attached hydrogens (tertiary/aromatic N) is 2. The first-order chi connectivity index (χ1) is 18.7. The lowest BCUT2D eigenvalue weighted by Crippen LogP contribution is -2.50. The van der Waals surface area contributed by atoms with Gasteiger partial charge in [-0.1, -0.05) is 30.3 Å². The number of carbonyl (C=O) groups is 2. The topological polar surface area (TPSA) is 114 Å². The molecule has 0 unspecified atom stereocenters. The molecule has 2 amide bonds. The number of methoxy groups -OCH3 is 1. The van der Waals surface area contributed by atoms with Gasteiger partial charge < -0.3 is 24.4 Å². The molecule has 0 fully saturated rings. The van der Waals surface area contributed by atoms with Gasteiger partial charge in [-0.15, -0.1) is 0 Å². The highest BCUT2D eigenvalue weighted by molar-refractivity contribution is 7.92. The molecule has 0 aliphatic carbocycles. The molecule has 1 atom stereocenters. The predicted molar refractivity (Wildman–Crippen MR) is 145 cm³/mol. The summed E-state index contributed by atoms with van der Waals surface area (Å²) in [5.74, 6) is 0.579. The van der Waals surface area contributed by atoms with Gasteiger partial charge in [0.1, 0.15) is 31.5 Å². The van der Waals surface area contributed by atoms with Crippen LogP contribution < -0.4 is 23.8 Å². The van der Waals surface area contributed by atoms with Crippen molar-refractivity contribution in [2.24, 2.45) is 0 Å². The Morgan fingerprint density at radius 1 is 0.974 bits per heavy atom. The van der Waals surface area contributed by atoms with Crippen molar-refractivity contribution in [3.63, 3.8) is 0 Å². The zero-order valence-corrected chi connectivity index (χ0v) is 22.8. The molecule has 206 valence electrons. The van der Waals surface area contributed by atoms with E-state index in [1.165, 1.54) is 30.1 Å². The number of fused-ring (bicyclic) bond motifs is 1. The van der Waals surface area contributed by atoms with E-state index in [1.54, 1.807) is 68.6 Å². The summed E-state index contributed by atoms with van der Waals surface area (Å²) in [5.41, 5.74) is 0.977. The summed E-state index contributed by atoms with van der Waals surface area (Å²) < 4.78 is 45.2. The molecular weight excluding hydrogens is 522 g/mol. The maximum atomic E-state index is 13.8. The van der Waals surface area contributed by atoms with Crippen LogP contribution in [0, 0.1) is 0 Å². The maximum absolute atomic E-state index is 13.8. The summed E-state index contributed by atoms with van der Waals surface area (Å²) in [7, 11) is -1.13. The quantitative estimate of drug-likeness (QED) is 0.411. The Balaban J connectivity index is 1.72. The van der Waals surface area contributed by atoms with E-state index >= 15 is 0 Å². The molecule has 0 saturated heterocycles. The van der Waals surface area contributed by atoms with E-state index in [9.17, 15) is 18.0 Å². The van der Waals surface area contributed by atoms with Crippen LogP contribution in [0.3, 0.4) is 0 Å². The molecule has 1 aliphatic rings.